The average Bonchev–Trinajstić information content (AvgIpc) is 3.07. The zero-order valence-electron chi connectivity index (χ0n) is 12.2. The molecular formula is C17H14FN3O2. The summed E-state index contributed by atoms with van der Waals surface area (Å²) < 4.78 is 18.2. The minimum Gasteiger partial charge on any atom is -0.412 e. The number of rotatable bonds is 5. The summed E-state index contributed by atoms with van der Waals surface area (Å²) >= 11 is 0. The molecule has 0 aliphatic carbocycles. The fourth-order valence-corrected chi connectivity index (χ4v) is 2.06. The first-order valence-corrected chi connectivity index (χ1v) is 7.14. The van der Waals surface area contributed by atoms with Crippen LogP contribution in [0.5, 0.6) is 0 Å². The normalized spacial score (nSPS) is 10.5. The van der Waals surface area contributed by atoms with Gasteiger partial charge < -0.3 is 9.73 Å². The van der Waals surface area contributed by atoms with Crippen LogP contribution in [0.25, 0.3) is 11.5 Å². The Morgan fingerprint density at radius 3 is 2.52 bits per heavy atom. The third-order valence-electron chi connectivity index (χ3n) is 3.25. The maximum Gasteiger partial charge on any atom is 0.308 e. The van der Waals surface area contributed by atoms with Crippen LogP contribution < -0.4 is 5.32 Å². The van der Waals surface area contributed by atoms with Crippen molar-refractivity contribution in [3.05, 3.63) is 71.9 Å². The van der Waals surface area contributed by atoms with Crippen LogP contribution in [0.1, 0.15) is 16.2 Å². The second-order valence-corrected chi connectivity index (χ2v) is 4.91. The van der Waals surface area contributed by atoms with Crippen molar-refractivity contribution >= 4 is 5.91 Å². The van der Waals surface area contributed by atoms with Gasteiger partial charge in [0.25, 0.3) is 0 Å². The Bertz CT molecular complexity index is 785. The summed E-state index contributed by atoms with van der Waals surface area (Å²) in [4.78, 5) is 12.0. The number of carbonyl (C=O) groups is 1. The molecule has 0 fully saturated rings. The Kier molecular flexibility index (Phi) is 4.42. The van der Waals surface area contributed by atoms with Crippen LogP contribution in [-0.2, 0) is 6.42 Å². The van der Waals surface area contributed by atoms with Crippen molar-refractivity contribution in [2.24, 2.45) is 0 Å². The topological polar surface area (TPSA) is 68.0 Å². The smallest absolute Gasteiger partial charge is 0.308 e. The van der Waals surface area contributed by atoms with E-state index < -0.39 is 5.91 Å². The third-order valence-corrected chi connectivity index (χ3v) is 3.25. The number of hydrogen-bond donors (Lipinski definition) is 1. The van der Waals surface area contributed by atoms with E-state index in [4.69, 9.17) is 4.42 Å². The molecule has 1 N–H and O–H groups in total. The van der Waals surface area contributed by atoms with Gasteiger partial charge in [0.1, 0.15) is 5.82 Å². The Morgan fingerprint density at radius 1 is 1.04 bits per heavy atom. The highest BCUT2D eigenvalue weighted by molar-refractivity contribution is 5.89. The first kappa shape index (κ1) is 14.9. The van der Waals surface area contributed by atoms with E-state index in [1.807, 2.05) is 30.3 Å². The van der Waals surface area contributed by atoms with Crippen molar-refractivity contribution in [2.45, 2.75) is 6.42 Å². The van der Waals surface area contributed by atoms with Crippen LogP contribution >= 0.6 is 0 Å². The monoisotopic (exact) mass is 311 g/mol. The van der Waals surface area contributed by atoms with Crippen LogP contribution in [0.15, 0.2) is 59.0 Å². The zero-order chi connectivity index (χ0) is 16.1. The second-order valence-electron chi connectivity index (χ2n) is 4.91. The van der Waals surface area contributed by atoms with E-state index in [-0.39, 0.29) is 11.7 Å². The lowest BCUT2D eigenvalue weighted by molar-refractivity contribution is 0.0920. The Labute approximate surface area is 132 Å². The van der Waals surface area contributed by atoms with E-state index in [9.17, 15) is 9.18 Å². The van der Waals surface area contributed by atoms with Gasteiger partial charge in [-0.15, -0.1) is 10.2 Å². The molecule has 23 heavy (non-hydrogen) atoms. The van der Waals surface area contributed by atoms with Crippen molar-refractivity contribution in [2.75, 3.05) is 6.54 Å². The fraction of sp³-hybridized carbons (Fsp3) is 0.118. The SMILES string of the molecule is O=C(NCCc1ccc(F)cc1)c1nnc(-c2ccccc2)o1. The molecule has 0 unspecified atom stereocenters. The molecule has 1 amide bonds. The quantitative estimate of drug-likeness (QED) is 0.786. The molecule has 0 spiro atoms. The third kappa shape index (κ3) is 3.79. The lowest BCUT2D eigenvalue weighted by Crippen LogP contribution is -2.26. The molecule has 1 aromatic heterocycles. The Hall–Kier alpha value is -3.02. The number of halogens is 1. The number of benzene rings is 2. The van der Waals surface area contributed by atoms with E-state index in [0.717, 1.165) is 11.1 Å². The van der Waals surface area contributed by atoms with E-state index in [0.29, 0.717) is 18.9 Å². The van der Waals surface area contributed by atoms with Crippen molar-refractivity contribution in [1.82, 2.24) is 15.5 Å². The lowest BCUT2D eigenvalue weighted by Gasteiger charge is -2.02. The van der Waals surface area contributed by atoms with Gasteiger partial charge in [0.15, 0.2) is 0 Å². The predicted molar refractivity (Wildman–Crippen MR) is 82.2 cm³/mol. The van der Waals surface area contributed by atoms with Gasteiger partial charge in [-0.25, -0.2) is 4.39 Å². The molecule has 0 saturated heterocycles. The van der Waals surface area contributed by atoms with Gasteiger partial charge in [-0.1, -0.05) is 30.3 Å². The number of hydrogen-bond acceptors (Lipinski definition) is 4. The highest BCUT2D eigenvalue weighted by atomic mass is 19.1. The molecule has 3 rings (SSSR count). The molecule has 0 radical (unpaired) electrons. The highest BCUT2D eigenvalue weighted by Gasteiger charge is 2.15. The largest absolute Gasteiger partial charge is 0.412 e. The molecule has 0 saturated carbocycles. The number of nitrogens with one attached hydrogen (secondary N) is 1. The number of carbonyl (C=O) groups excluding carboxylic acids is 1. The average molecular weight is 311 g/mol. The number of aromatic nitrogens is 2. The predicted octanol–water partition coefficient (Wildman–Crippen LogP) is 2.85. The van der Waals surface area contributed by atoms with Crippen LogP contribution in [0.3, 0.4) is 0 Å². The molecule has 0 atom stereocenters. The van der Waals surface area contributed by atoms with E-state index in [2.05, 4.69) is 15.5 Å². The summed E-state index contributed by atoms with van der Waals surface area (Å²) in [5.74, 6) is -0.490. The molecule has 6 heteroatoms. The van der Waals surface area contributed by atoms with Gasteiger partial charge in [0, 0.05) is 12.1 Å². The zero-order valence-corrected chi connectivity index (χ0v) is 12.2. The second kappa shape index (κ2) is 6.83. The maximum absolute atomic E-state index is 12.8. The van der Waals surface area contributed by atoms with Crippen LogP contribution in [0.2, 0.25) is 0 Å². The van der Waals surface area contributed by atoms with Crippen LogP contribution in [0, 0.1) is 5.82 Å². The summed E-state index contributed by atoms with van der Waals surface area (Å²) in [5.41, 5.74) is 1.69. The van der Waals surface area contributed by atoms with Crippen molar-refractivity contribution in [1.29, 1.82) is 0 Å². The summed E-state index contributed by atoms with van der Waals surface area (Å²) in [5, 5.41) is 10.3. The van der Waals surface area contributed by atoms with E-state index >= 15 is 0 Å². The van der Waals surface area contributed by atoms with Gasteiger partial charge in [0.05, 0.1) is 0 Å². The van der Waals surface area contributed by atoms with Gasteiger partial charge in [-0.3, -0.25) is 4.79 Å². The molecular weight excluding hydrogens is 297 g/mol. The molecule has 5 nitrogen and oxygen atoms in total. The van der Waals surface area contributed by atoms with E-state index in [1.165, 1.54) is 12.1 Å². The summed E-state index contributed by atoms with van der Waals surface area (Å²) in [6.45, 7) is 0.396. The minimum atomic E-state index is -0.429. The van der Waals surface area contributed by atoms with Gasteiger partial charge in [-0.2, -0.15) is 0 Å². The highest BCUT2D eigenvalue weighted by Crippen LogP contribution is 2.16. The van der Waals surface area contributed by atoms with Gasteiger partial charge in [0.2, 0.25) is 5.89 Å². The Morgan fingerprint density at radius 2 is 1.78 bits per heavy atom. The van der Waals surface area contributed by atoms with Crippen molar-refractivity contribution in [3.8, 4) is 11.5 Å². The lowest BCUT2D eigenvalue weighted by atomic mass is 10.1. The summed E-state index contributed by atoms with van der Waals surface area (Å²) in [7, 11) is 0. The van der Waals surface area contributed by atoms with Crippen molar-refractivity contribution in [3.63, 3.8) is 0 Å². The first-order valence-electron chi connectivity index (χ1n) is 7.14. The van der Waals surface area contributed by atoms with E-state index in [1.54, 1.807) is 12.1 Å². The summed E-state index contributed by atoms with van der Waals surface area (Å²) in [6, 6.07) is 15.4. The number of amides is 1. The molecule has 2 aromatic carbocycles. The van der Waals surface area contributed by atoms with Gasteiger partial charge >= 0.3 is 11.8 Å². The summed E-state index contributed by atoms with van der Waals surface area (Å²) in [6.07, 6.45) is 0.589. The van der Waals surface area contributed by atoms with Crippen LogP contribution in [0.4, 0.5) is 4.39 Å². The molecule has 0 aliphatic heterocycles. The Balaban J connectivity index is 1.56. The maximum atomic E-state index is 12.8. The molecule has 1 heterocycles. The molecule has 0 aliphatic rings. The van der Waals surface area contributed by atoms with Crippen LogP contribution in [-0.4, -0.2) is 22.6 Å². The fourth-order valence-electron chi connectivity index (χ4n) is 2.06. The van der Waals surface area contributed by atoms with Gasteiger partial charge in [-0.05, 0) is 36.2 Å². The number of nitrogens with zero attached hydrogens (tertiary/aromatic N) is 2. The first-order chi connectivity index (χ1) is 11.2. The molecule has 0 bridgehead atoms. The standard InChI is InChI=1S/C17H14FN3O2/c18-14-8-6-12(7-9-14)10-11-19-15(22)17-21-20-16(23-17)13-4-2-1-3-5-13/h1-9H,10-11H2,(H,19,22). The van der Waals surface area contributed by atoms with Crippen molar-refractivity contribution < 1.29 is 13.6 Å². The molecule has 116 valence electrons. The molecule has 3 aromatic rings. The minimum absolute atomic E-state index is 0.0806.